The van der Waals surface area contributed by atoms with E-state index in [1.165, 1.54) is 24.3 Å². The van der Waals surface area contributed by atoms with Gasteiger partial charge in [0.25, 0.3) is 0 Å². The van der Waals surface area contributed by atoms with Crippen LogP contribution in [-0.4, -0.2) is 43.2 Å². The predicted molar refractivity (Wildman–Crippen MR) is 108 cm³/mol. The van der Waals surface area contributed by atoms with Crippen LogP contribution in [0.3, 0.4) is 0 Å². The van der Waals surface area contributed by atoms with Crippen LogP contribution in [0.4, 0.5) is 65.9 Å². The maximum absolute atomic E-state index is 14.8. The maximum Gasteiger partial charge on any atom is 0.449 e. The molecular weight excluding hydrogens is 577 g/mol. The molecule has 0 nitrogen and oxygen atoms in total. The third kappa shape index (κ3) is 4.99. The number of alkyl halides is 15. The number of hydrogen-bond acceptors (Lipinski definition) is 0. The molecule has 0 aliphatic heterocycles. The van der Waals surface area contributed by atoms with Crippen LogP contribution in [0.2, 0.25) is 6.04 Å². The van der Waals surface area contributed by atoms with Gasteiger partial charge in [0, 0.05) is 0 Å². The number of benzene rings is 2. The van der Waals surface area contributed by atoms with Gasteiger partial charge in [-0.2, -0.15) is 39.5 Å². The van der Waals surface area contributed by atoms with E-state index in [0.29, 0.717) is 0 Å². The lowest BCUT2D eigenvalue weighted by molar-refractivity contribution is -0.304. The molecule has 0 N–H and O–H groups in total. The zero-order chi connectivity index (χ0) is 29.6. The molecule has 0 amide bonds. The Morgan fingerprint density at radius 3 is 1.08 bits per heavy atom. The average Bonchev–Trinajstić information content (AvgIpc) is 2.77. The summed E-state index contributed by atoms with van der Waals surface area (Å²) in [5.41, 5.74) is -24.1. The molecule has 2 rings (SSSR count). The first-order valence-corrected chi connectivity index (χ1v) is 12.6. The van der Waals surface area contributed by atoms with Crippen molar-refractivity contribution in [3.63, 3.8) is 0 Å². The van der Waals surface area contributed by atoms with Crippen molar-refractivity contribution in [1.82, 2.24) is 0 Å². The Labute approximate surface area is 206 Å². The molecular formula is C22H17F15Si. The van der Waals surface area contributed by atoms with Crippen molar-refractivity contribution >= 4 is 8.07 Å². The van der Waals surface area contributed by atoms with Crippen molar-refractivity contribution in [3.05, 3.63) is 71.8 Å². The second-order valence-corrected chi connectivity index (χ2v) is 12.6. The lowest BCUT2D eigenvalue weighted by Crippen LogP contribution is -2.84. The number of rotatable bonds is 8. The van der Waals surface area contributed by atoms with E-state index in [0.717, 1.165) is 43.3 Å². The van der Waals surface area contributed by atoms with E-state index in [-0.39, 0.29) is 5.56 Å². The minimum atomic E-state index is -9.70. The van der Waals surface area contributed by atoms with Crippen LogP contribution in [0.15, 0.2) is 60.7 Å². The topological polar surface area (TPSA) is 0 Å². The van der Waals surface area contributed by atoms with Gasteiger partial charge < -0.3 is 0 Å². The molecule has 38 heavy (non-hydrogen) atoms. The fraction of sp³-hybridized carbons (Fsp3) is 0.455. The molecule has 0 saturated carbocycles. The molecule has 0 fully saturated rings. The minimum absolute atomic E-state index is 0.120. The van der Waals surface area contributed by atoms with Gasteiger partial charge in [-0.15, -0.1) is 0 Å². The SMILES string of the molecule is CC(c1ccccc1)C(C[Si](C(F)(F)C(F)(F)F)(C(F)(F)C(F)(F)F)C(F)(F)C(F)(F)F)c1ccccc1. The highest BCUT2D eigenvalue weighted by molar-refractivity contribution is 6.87. The fourth-order valence-electron chi connectivity index (χ4n) is 4.30. The summed E-state index contributed by atoms with van der Waals surface area (Å²) in [6.45, 7) is 0.912. The van der Waals surface area contributed by atoms with E-state index in [1.807, 2.05) is 0 Å². The first-order chi connectivity index (χ1) is 17.0. The van der Waals surface area contributed by atoms with Gasteiger partial charge in [-0.1, -0.05) is 67.6 Å². The lowest BCUT2D eigenvalue weighted by Gasteiger charge is -2.49. The molecule has 0 aliphatic rings. The summed E-state index contributed by atoms with van der Waals surface area (Å²) < 4.78 is 210. The van der Waals surface area contributed by atoms with Gasteiger partial charge in [-0.05, 0) is 29.0 Å². The van der Waals surface area contributed by atoms with Crippen molar-refractivity contribution < 1.29 is 65.9 Å². The van der Waals surface area contributed by atoms with E-state index in [2.05, 4.69) is 0 Å². The molecule has 2 unspecified atom stereocenters. The smallest absolute Gasteiger partial charge is 0.201 e. The standard InChI is InChI=1S/C22H17F15Si/c1-13(14-8-4-2-5-9-14)16(15-10-6-3-7-11-15)12-38(20(32,33)17(23,24)25,21(34,35)18(26,27)28)22(36,37)19(29,30)31/h2-11,13,16H,12H2,1H3. The zero-order valence-electron chi connectivity index (χ0n) is 18.8. The van der Waals surface area contributed by atoms with Crippen molar-refractivity contribution in [2.45, 2.75) is 60.0 Å². The first-order valence-electron chi connectivity index (χ1n) is 10.4. The summed E-state index contributed by atoms with van der Waals surface area (Å²) >= 11 is 0. The van der Waals surface area contributed by atoms with Crippen molar-refractivity contribution in [1.29, 1.82) is 0 Å². The second kappa shape index (κ2) is 9.97. The molecule has 0 bridgehead atoms. The summed E-state index contributed by atoms with van der Waals surface area (Å²) in [6.07, 6.45) is -22.9. The third-order valence-electron chi connectivity index (χ3n) is 6.36. The highest BCUT2D eigenvalue weighted by Gasteiger charge is 2.97. The Bertz CT molecular complexity index is 992. The molecule has 2 atom stereocenters. The predicted octanol–water partition coefficient (Wildman–Crippen LogP) is 9.23. The molecule has 0 heterocycles. The molecule has 0 saturated heterocycles. The molecule has 0 aromatic heterocycles. The first kappa shape index (κ1) is 31.8. The van der Waals surface area contributed by atoms with Crippen molar-refractivity contribution in [3.8, 4) is 0 Å². The lowest BCUT2D eigenvalue weighted by atomic mass is 9.84. The van der Waals surface area contributed by atoms with Crippen molar-refractivity contribution in [2.24, 2.45) is 0 Å². The molecule has 2 aromatic rings. The van der Waals surface area contributed by atoms with Gasteiger partial charge in [0.1, 0.15) is 0 Å². The summed E-state index contributed by atoms with van der Waals surface area (Å²) in [7, 11) is -9.70. The number of halogens is 15. The normalized spacial score (nSPS) is 16.3. The minimum Gasteiger partial charge on any atom is -0.201 e. The summed E-state index contributed by atoms with van der Waals surface area (Å²) in [5, 5.41) is 0. The van der Waals surface area contributed by atoms with E-state index in [9.17, 15) is 65.9 Å². The summed E-state index contributed by atoms with van der Waals surface area (Å²) in [4.78, 5) is 0. The van der Waals surface area contributed by atoms with Crippen LogP contribution in [0.25, 0.3) is 0 Å². The van der Waals surface area contributed by atoms with E-state index in [4.69, 9.17) is 0 Å². The number of hydrogen-bond donors (Lipinski definition) is 0. The Morgan fingerprint density at radius 2 is 0.789 bits per heavy atom. The van der Waals surface area contributed by atoms with Crippen LogP contribution in [-0.2, 0) is 0 Å². The Hall–Kier alpha value is -2.39. The van der Waals surface area contributed by atoms with Gasteiger partial charge in [-0.3, -0.25) is 0 Å². The maximum atomic E-state index is 14.8. The van der Waals surface area contributed by atoms with E-state index < -0.39 is 66.7 Å². The second-order valence-electron chi connectivity index (χ2n) is 8.54. The van der Waals surface area contributed by atoms with Crippen LogP contribution in [0.1, 0.15) is 29.9 Å². The van der Waals surface area contributed by atoms with E-state index >= 15 is 0 Å². The fourth-order valence-corrected chi connectivity index (χ4v) is 8.96. The van der Waals surface area contributed by atoms with Gasteiger partial charge in [0.2, 0.25) is 0 Å². The molecule has 0 radical (unpaired) electrons. The van der Waals surface area contributed by atoms with Gasteiger partial charge >= 0.3 is 43.2 Å². The molecule has 16 heteroatoms. The highest BCUT2D eigenvalue weighted by Crippen LogP contribution is 2.65. The van der Waals surface area contributed by atoms with E-state index in [1.54, 1.807) is 0 Å². The van der Waals surface area contributed by atoms with Crippen LogP contribution in [0, 0.1) is 0 Å². The molecule has 214 valence electrons. The van der Waals surface area contributed by atoms with Crippen LogP contribution < -0.4 is 0 Å². The Kier molecular flexibility index (Phi) is 8.35. The highest BCUT2D eigenvalue weighted by atomic mass is 28.3. The monoisotopic (exact) mass is 594 g/mol. The van der Waals surface area contributed by atoms with Crippen LogP contribution in [0.5, 0.6) is 0 Å². The largest absolute Gasteiger partial charge is 0.449 e. The Morgan fingerprint density at radius 1 is 0.500 bits per heavy atom. The molecule has 2 aromatic carbocycles. The molecule has 0 spiro atoms. The van der Waals surface area contributed by atoms with Crippen LogP contribution >= 0.6 is 0 Å². The average molecular weight is 594 g/mol. The zero-order valence-corrected chi connectivity index (χ0v) is 19.8. The third-order valence-corrected chi connectivity index (χ3v) is 11.5. The quantitative estimate of drug-likeness (QED) is 0.211. The van der Waals surface area contributed by atoms with Gasteiger partial charge in [0.05, 0.1) is 0 Å². The molecule has 0 aliphatic carbocycles. The van der Waals surface area contributed by atoms with Gasteiger partial charge in [-0.25, -0.2) is 26.3 Å². The van der Waals surface area contributed by atoms with Gasteiger partial charge in [0.15, 0.2) is 0 Å². The summed E-state index contributed by atoms with van der Waals surface area (Å²) in [6, 6.07) is 7.80. The van der Waals surface area contributed by atoms with Crippen molar-refractivity contribution in [2.75, 3.05) is 0 Å². The summed E-state index contributed by atoms with van der Waals surface area (Å²) in [5.74, 6) is -4.15. The Balaban J connectivity index is 3.10.